The Morgan fingerprint density at radius 3 is 2.62 bits per heavy atom. The van der Waals surface area contributed by atoms with E-state index in [1.54, 1.807) is 24.3 Å². The highest BCUT2D eigenvalue weighted by Crippen LogP contribution is 2.32. The summed E-state index contributed by atoms with van der Waals surface area (Å²) in [5, 5.41) is 13.1. The molecule has 1 heterocycles. The van der Waals surface area contributed by atoms with E-state index in [0.717, 1.165) is 36.1 Å². The lowest BCUT2D eigenvalue weighted by Gasteiger charge is -2.09. The molecule has 0 radical (unpaired) electrons. The Morgan fingerprint density at radius 2 is 1.88 bits per heavy atom. The Morgan fingerprint density at radius 1 is 1.12 bits per heavy atom. The zero-order valence-electron chi connectivity index (χ0n) is 14.6. The Labute approximate surface area is 152 Å². The van der Waals surface area contributed by atoms with Crippen LogP contribution in [0.5, 0.6) is 5.75 Å². The lowest BCUT2D eigenvalue weighted by Crippen LogP contribution is -1.98. The molecule has 0 amide bonds. The van der Waals surface area contributed by atoms with Gasteiger partial charge in [0.1, 0.15) is 11.4 Å². The van der Waals surface area contributed by atoms with Gasteiger partial charge in [0.05, 0.1) is 17.7 Å². The van der Waals surface area contributed by atoms with Crippen molar-refractivity contribution in [3.8, 4) is 28.3 Å². The highest BCUT2D eigenvalue weighted by Gasteiger charge is 2.13. The van der Waals surface area contributed by atoms with Crippen molar-refractivity contribution < 1.29 is 19.2 Å². The number of carboxylic acid groups (broad SMARTS) is 1. The number of carbonyl (C=O) groups is 1. The van der Waals surface area contributed by atoms with Crippen molar-refractivity contribution in [2.24, 2.45) is 0 Å². The van der Waals surface area contributed by atoms with E-state index in [2.05, 4.69) is 12.1 Å². The van der Waals surface area contributed by atoms with Gasteiger partial charge in [-0.05, 0) is 30.7 Å². The molecule has 0 saturated heterocycles. The highest BCUT2D eigenvalue weighted by molar-refractivity contribution is 5.88. The molecule has 1 aromatic heterocycles. The van der Waals surface area contributed by atoms with Gasteiger partial charge in [0.25, 0.3) is 0 Å². The standard InChI is InChI=1S/C21H21NO4/c1-2-3-6-13-25-19-8-5-4-7-17(19)20-14-18(22-26-20)15-9-11-16(12-10-15)21(23)24/h4-5,7-12,14H,2-3,6,13H2,1H3,(H,23,24). The first-order valence-electron chi connectivity index (χ1n) is 8.71. The van der Waals surface area contributed by atoms with E-state index < -0.39 is 5.97 Å². The number of hydrogen-bond acceptors (Lipinski definition) is 4. The maximum atomic E-state index is 11.0. The smallest absolute Gasteiger partial charge is 0.335 e. The molecular weight excluding hydrogens is 330 g/mol. The molecule has 0 bridgehead atoms. The van der Waals surface area contributed by atoms with Gasteiger partial charge in [0.2, 0.25) is 0 Å². The number of rotatable bonds is 8. The maximum Gasteiger partial charge on any atom is 0.335 e. The third-order valence-electron chi connectivity index (χ3n) is 4.10. The molecular formula is C21H21NO4. The summed E-state index contributed by atoms with van der Waals surface area (Å²) in [6.07, 6.45) is 3.31. The molecule has 0 unspecified atom stereocenters. The summed E-state index contributed by atoms with van der Waals surface area (Å²) in [5.41, 5.74) is 2.54. The first kappa shape index (κ1) is 17.7. The molecule has 5 nitrogen and oxygen atoms in total. The minimum atomic E-state index is -0.952. The zero-order valence-corrected chi connectivity index (χ0v) is 14.6. The summed E-state index contributed by atoms with van der Waals surface area (Å²) < 4.78 is 11.4. The van der Waals surface area contributed by atoms with Crippen molar-refractivity contribution in [1.82, 2.24) is 5.16 Å². The van der Waals surface area contributed by atoms with Gasteiger partial charge in [0.15, 0.2) is 5.76 Å². The molecule has 3 aromatic rings. The first-order chi connectivity index (χ1) is 12.7. The van der Waals surface area contributed by atoms with E-state index in [0.29, 0.717) is 18.1 Å². The van der Waals surface area contributed by atoms with Gasteiger partial charge in [0, 0.05) is 11.6 Å². The minimum Gasteiger partial charge on any atom is -0.493 e. The zero-order chi connectivity index (χ0) is 18.4. The second-order valence-corrected chi connectivity index (χ2v) is 6.01. The van der Waals surface area contributed by atoms with Crippen molar-refractivity contribution in [2.45, 2.75) is 26.2 Å². The quantitative estimate of drug-likeness (QED) is 0.559. The van der Waals surface area contributed by atoms with Crippen molar-refractivity contribution >= 4 is 5.97 Å². The number of unbranched alkanes of at least 4 members (excludes halogenated alkanes) is 2. The van der Waals surface area contributed by atoms with Crippen LogP contribution in [-0.2, 0) is 0 Å². The van der Waals surface area contributed by atoms with E-state index in [4.69, 9.17) is 14.4 Å². The van der Waals surface area contributed by atoms with Crippen LogP contribution in [0, 0.1) is 0 Å². The molecule has 0 aliphatic rings. The van der Waals surface area contributed by atoms with Crippen LogP contribution in [0.4, 0.5) is 0 Å². The molecule has 0 fully saturated rings. The summed E-state index contributed by atoms with van der Waals surface area (Å²) in [6, 6.07) is 16.1. The van der Waals surface area contributed by atoms with Crippen LogP contribution in [0.2, 0.25) is 0 Å². The Bertz CT molecular complexity index is 868. The number of carboxylic acids is 1. The highest BCUT2D eigenvalue weighted by atomic mass is 16.5. The predicted molar refractivity (Wildman–Crippen MR) is 99.4 cm³/mol. The fourth-order valence-electron chi connectivity index (χ4n) is 2.65. The van der Waals surface area contributed by atoms with Crippen molar-refractivity contribution in [3.63, 3.8) is 0 Å². The van der Waals surface area contributed by atoms with E-state index in [-0.39, 0.29) is 5.56 Å². The Hall–Kier alpha value is -3.08. The van der Waals surface area contributed by atoms with E-state index in [1.165, 1.54) is 0 Å². The minimum absolute atomic E-state index is 0.239. The predicted octanol–water partition coefficient (Wildman–Crippen LogP) is 5.28. The van der Waals surface area contributed by atoms with Gasteiger partial charge >= 0.3 is 5.97 Å². The lowest BCUT2D eigenvalue weighted by atomic mass is 10.1. The summed E-state index contributed by atoms with van der Waals surface area (Å²) in [7, 11) is 0. The van der Waals surface area contributed by atoms with Crippen molar-refractivity contribution in [2.75, 3.05) is 6.61 Å². The third-order valence-corrected chi connectivity index (χ3v) is 4.10. The van der Waals surface area contributed by atoms with Crippen LogP contribution in [0.25, 0.3) is 22.6 Å². The Kier molecular flexibility index (Phi) is 5.69. The molecule has 0 atom stereocenters. The van der Waals surface area contributed by atoms with Crippen LogP contribution >= 0.6 is 0 Å². The average Bonchev–Trinajstić information content (AvgIpc) is 3.15. The molecule has 0 spiro atoms. The van der Waals surface area contributed by atoms with Gasteiger partial charge in [-0.2, -0.15) is 0 Å². The number of para-hydroxylation sites is 1. The van der Waals surface area contributed by atoms with Gasteiger partial charge in [-0.1, -0.05) is 49.2 Å². The lowest BCUT2D eigenvalue weighted by molar-refractivity contribution is 0.0697. The molecule has 3 rings (SSSR count). The normalized spacial score (nSPS) is 10.7. The number of benzene rings is 2. The molecule has 1 N–H and O–H groups in total. The van der Waals surface area contributed by atoms with Crippen molar-refractivity contribution in [3.05, 3.63) is 60.2 Å². The monoisotopic (exact) mass is 351 g/mol. The summed E-state index contributed by atoms with van der Waals surface area (Å²) in [6.45, 7) is 2.83. The van der Waals surface area contributed by atoms with Crippen LogP contribution in [0.3, 0.4) is 0 Å². The molecule has 0 aliphatic heterocycles. The van der Waals surface area contributed by atoms with Crippen molar-refractivity contribution in [1.29, 1.82) is 0 Å². The molecule has 2 aromatic carbocycles. The molecule has 134 valence electrons. The second kappa shape index (κ2) is 8.34. The third kappa shape index (κ3) is 4.11. The topological polar surface area (TPSA) is 72.6 Å². The SMILES string of the molecule is CCCCCOc1ccccc1-c1cc(-c2ccc(C(=O)O)cc2)no1. The maximum absolute atomic E-state index is 11.0. The second-order valence-electron chi connectivity index (χ2n) is 6.01. The summed E-state index contributed by atoms with van der Waals surface area (Å²) in [5.74, 6) is 0.437. The summed E-state index contributed by atoms with van der Waals surface area (Å²) in [4.78, 5) is 11.0. The fourth-order valence-corrected chi connectivity index (χ4v) is 2.65. The molecule has 0 aliphatic carbocycles. The number of aromatic carboxylic acids is 1. The Balaban J connectivity index is 1.80. The van der Waals surface area contributed by atoms with Crippen LogP contribution in [0.1, 0.15) is 36.5 Å². The number of nitrogens with zero attached hydrogens (tertiary/aromatic N) is 1. The largest absolute Gasteiger partial charge is 0.493 e. The number of aromatic nitrogens is 1. The average molecular weight is 351 g/mol. The van der Waals surface area contributed by atoms with Gasteiger partial charge in [-0.15, -0.1) is 0 Å². The number of ether oxygens (including phenoxy) is 1. The molecule has 26 heavy (non-hydrogen) atoms. The van der Waals surface area contributed by atoms with Gasteiger partial charge in [-0.25, -0.2) is 4.79 Å². The van der Waals surface area contributed by atoms with Gasteiger partial charge < -0.3 is 14.4 Å². The van der Waals surface area contributed by atoms with E-state index in [1.807, 2.05) is 30.3 Å². The van der Waals surface area contributed by atoms with E-state index in [9.17, 15) is 4.79 Å². The number of hydrogen-bond donors (Lipinski definition) is 1. The molecule has 5 heteroatoms. The van der Waals surface area contributed by atoms with Crippen LogP contribution in [-0.4, -0.2) is 22.8 Å². The van der Waals surface area contributed by atoms with E-state index >= 15 is 0 Å². The van der Waals surface area contributed by atoms with Crippen LogP contribution in [0.15, 0.2) is 59.1 Å². The van der Waals surface area contributed by atoms with Gasteiger partial charge in [-0.3, -0.25) is 0 Å². The van der Waals surface area contributed by atoms with Crippen LogP contribution < -0.4 is 4.74 Å². The fraction of sp³-hybridized carbons (Fsp3) is 0.238. The molecule has 0 saturated carbocycles. The summed E-state index contributed by atoms with van der Waals surface area (Å²) >= 11 is 0. The first-order valence-corrected chi connectivity index (χ1v) is 8.71.